The van der Waals surface area contributed by atoms with Crippen molar-refractivity contribution in [3.63, 3.8) is 0 Å². The summed E-state index contributed by atoms with van der Waals surface area (Å²) in [6.45, 7) is 1.82. The Labute approximate surface area is 140 Å². The van der Waals surface area contributed by atoms with E-state index in [0.717, 1.165) is 17.0 Å². The molecule has 0 fully saturated rings. The van der Waals surface area contributed by atoms with Crippen molar-refractivity contribution in [3.8, 4) is 11.5 Å². The van der Waals surface area contributed by atoms with Gasteiger partial charge >= 0.3 is 0 Å². The first kappa shape index (κ1) is 16.8. The first-order chi connectivity index (χ1) is 11.1. The monoisotopic (exact) mass is 330 g/mol. The van der Waals surface area contributed by atoms with Crippen molar-refractivity contribution in [1.29, 1.82) is 0 Å². The number of thiocarbonyl (C=S) groups is 1. The van der Waals surface area contributed by atoms with Gasteiger partial charge in [0.15, 0.2) is 11.7 Å². The van der Waals surface area contributed by atoms with Gasteiger partial charge in [0, 0.05) is 5.69 Å². The zero-order valence-electron chi connectivity index (χ0n) is 13.0. The molecule has 5 nitrogen and oxygen atoms in total. The second-order valence-electron chi connectivity index (χ2n) is 4.78. The van der Waals surface area contributed by atoms with Crippen molar-refractivity contribution < 1.29 is 14.3 Å². The molecule has 2 N–H and O–H groups in total. The number of benzene rings is 2. The third-order valence-corrected chi connectivity index (χ3v) is 3.26. The van der Waals surface area contributed by atoms with Gasteiger partial charge in [0.05, 0.1) is 7.11 Å². The highest BCUT2D eigenvalue weighted by molar-refractivity contribution is 7.80. The van der Waals surface area contributed by atoms with Crippen molar-refractivity contribution in [2.45, 2.75) is 6.92 Å². The van der Waals surface area contributed by atoms with E-state index in [9.17, 15) is 4.79 Å². The number of hydrogen-bond acceptors (Lipinski definition) is 4. The number of ether oxygens (including phenoxy) is 2. The Morgan fingerprint density at radius 3 is 2.48 bits per heavy atom. The van der Waals surface area contributed by atoms with Crippen LogP contribution in [-0.2, 0) is 4.79 Å². The third kappa shape index (κ3) is 5.27. The number of aryl methyl sites for hydroxylation is 1. The number of carbonyl (C=O) groups excluding carboxylic acids is 1. The van der Waals surface area contributed by atoms with Gasteiger partial charge in [-0.25, -0.2) is 0 Å². The maximum Gasteiger partial charge on any atom is 0.264 e. The highest BCUT2D eigenvalue weighted by Crippen LogP contribution is 2.16. The number of carbonyl (C=O) groups is 1. The van der Waals surface area contributed by atoms with Crippen LogP contribution >= 0.6 is 12.2 Å². The molecular weight excluding hydrogens is 312 g/mol. The number of rotatable bonds is 5. The number of anilines is 1. The van der Waals surface area contributed by atoms with Gasteiger partial charge in [-0.1, -0.05) is 18.2 Å². The molecule has 2 aromatic rings. The summed E-state index contributed by atoms with van der Waals surface area (Å²) in [5.41, 5.74) is 1.73. The molecule has 0 saturated carbocycles. The Balaban J connectivity index is 1.80. The lowest BCUT2D eigenvalue weighted by Crippen LogP contribution is -2.37. The predicted octanol–water partition coefficient (Wildman–Crippen LogP) is 2.90. The Kier molecular flexibility index (Phi) is 5.94. The van der Waals surface area contributed by atoms with E-state index >= 15 is 0 Å². The van der Waals surface area contributed by atoms with Gasteiger partial charge in [-0.3, -0.25) is 10.1 Å². The Morgan fingerprint density at radius 2 is 1.83 bits per heavy atom. The van der Waals surface area contributed by atoms with E-state index in [-0.39, 0.29) is 17.6 Å². The zero-order valence-corrected chi connectivity index (χ0v) is 13.8. The fourth-order valence-corrected chi connectivity index (χ4v) is 2.09. The summed E-state index contributed by atoms with van der Waals surface area (Å²) in [6, 6.07) is 14.7. The molecule has 0 saturated heterocycles. The molecule has 0 aliphatic carbocycles. The van der Waals surface area contributed by atoms with Gasteiger partial charge in [0.25, 0.3) is 5.91 Å². The second-order valence-corrected chi connectivity index (χ2v) is 5.19. The maximum atomic E-state index is 11.8. The molecule has 23 heavy (non-hydrogen) atoms. The van der Waals surface area contributed by atoms with Crippen LogP contribution in [0.15, 0.2) is 48.5 Å². The normalized spacial score (nSPS) is 9.83. The number of nitrogens with one attached hydrogen (secondary N) is 2. The van der Waals surface area contributed by atoms with E-state index < -0.39 is 0 Å². The lowest BCUT2D eigenvalue weighted by molar-refractivity contribution is -0.121. The van der Waals surface area contributed by atoms with E-state index in [1.807, 2.05) is 31.2 Å². The van der Waals surface area contributed by atoms with Gasteiger partial charge in [-0.2, -0.15) is 0 Å². The molecule has 6 heteroatoms. The van der Waals surface area contributed by atoms with Crippen molar-refractivity contribution >= 4 is 28.9 Å². The summed E-state index contributed by atoms with van der Waals surface area (Å²) in [7, 11) is 1.60. The van der Waals surface area contributed by atoms with Gasteiger partial charge in [0.2, 0.25) is 0 Å². The van der Waals surface area contributed by atoms with Crippen molar-refractivity contribution in [2.24, 2.45) is 0 Å². The molecule has 0 aliphatic rings. The lowest BCUT2D eigenvalue weighted by Gasteiger charge is -2.11. The van der Waals surface area contributed by atoms with Gasteiger partial charge in [-0.15, -0.1) is 0 Å². The fourth-order valence-electron chi connectivity index (χ4n) is 1.86. The van der Waals surface area contributed by atoms with E-state index in [1.54, 1.807) is 31.4 Å². The molecule has 0 aromatic heterocycles. The SMILES string of the molecule is COc1ccc(NC(=S)NC(=O)COc2ccccc2C)cc1. The van der Waals surface area contributed by atoms with E-state index in [4.69, 9.17) is 21.7 Å². The smallest absolute Gasteiger partial charge is 0.264 e. The molecule has 0 unspecified atom stereocenters. The van der Waals surface area contributed by atoms with Gasteiger partial charge < -0.3 is 14.8 Å². The minimum Gasteiger partial charge on any atom is -0.497 e. The van der Waals surface area contributed by atoms with Crippen LogP contribution in [0.1, 0.15) is 5.56 Å². The van der Waals surface area contributed by atoms with Crippen molar-refractivity contribution in [2.75, 3.05) is 19.0 Å². The third-order valence-electron chi connectivity index (χ3n) is 3.05. The number of amides is 1. The van der Waals surface area contributed by atoms with Crippen LogP contribution in [0, 0.1) is 6.92 Å². The van der Waals surface area contributed by atoms with Crippen LogP contribution in [0.3, 0.4) is 0 Å². The van der Waals surface area contributed by atoms with Crippen LogP contribution in [0.4, 0.5) is 5.69 Å². The Bertz CT molecular complexity index is 686. The zero-order chi connectivity index (χ0) is 16.7. The number of methoxy groups -OCH3 is 1. The van der Waals surface area contributed by atoms with E-state index in [0.29, 0.717) is 5.75 Å². The first-order valence-corrected chi connectivity index (χ1v) is 7.42. The average molecular weight is 330 g/mol. The Hall–Kier alpha value is -2.60. The summed E-state index contributed by atoms with van der Waals surface area (Å²) >= 11 is 5.10. The predicted molar refractivity (Wildman–Crippen MR) is 94.0 cm³/mol. The number of hydrogen-bond donors (Lipinski definition) is 2. The molecule has 2 rings (SSSR count). The maximum absolute atomic E-state index is 11.8. The quantitative estimate of drug-likeness (QED) is 0.826. The standard InChI is InChI=1S/C17H18N2O3S/c1-12-5-3-4-6-15(12)22-11-16(20)19-17(23)18-13-7-9-14(21-2)10-8-13/h3-10H,11H2,1-2H3,(H2,18,19,20,23). The molecular formula is C17H18N2O3S. The van der Waals surface area contributed by atoms with Crippen molar-refractivity contribution in [3.05, 3.63) is 54.1 Å². The molecule has 0 bridgehead atoms. The molecule has 2 aromatic carbocycles. The molecule has 1 amide bonds. The largest absolute Gasteiger partial charge is 0.497 e. The van der Waals surface area contributed by atoms with Crippen LogP contribution in [0.5, 0.6) is 11.5 Å². The highest BCUT2D eigenvalue weighted by Gasteiger charge is 2.07. The molecule has 120 valence electrons. The topological polar surface area (TPSA) is 59.6 Å². The van der Waals surface area contributed by atoms with Crippen molar-refractivity contribution in [1.82, 2.24) is 5.32 Å². The van der Waals surface area contributed by atoms with Crippen LogP contribution in [0.25, 0.3) is 0 Å². The summed E-state index contributed by atoms with van der Waals surface area (Å²) in [5, 5.41) is 5.71. The summed E-state index contributed by atoms with van der Waals surface area (Å²) < 4.78 is 10.5. The van der Waals surface area contributed by atoms with Crippen LogP contribution in [0.2, 0.25) is 0 Å². The fraction of sp³-hybridized carbons (Fsp3) is 0.176. The van der Waals surface area contributed by atoms with E-state index in [2.05, 4.69) is 10.6 Å². The molecule has 0 spiro atoms. The average Bonchev–Trinajstić information content (AvgIpc) is 2.54. The molecule has 0 heterocycles. The lowest BCUT2D eigenvalue weighted by atomic mass is 10.2. The summed E-state index contributed by atoms with van der Waals surface area (Å²) in [4.78, 5) is 11.8. The first-order valence-electron chi connectivity index (χ1n) is 7.02. The second kappa shape index (κ2) is 8.14. The number of para-hydroxylation sites is 1. The van der Waals surface area contributed by atoms with Crippen LogP contribution in [-0.4, -0.2) is 24.7 Å². The van der Waals surface area contributed by atoms with E-state index in [1.165, 1.54) is 0 Å². The minimum absolute atomic E-state index is 0.102. The van der Waals surface area contributed by atoms with Gasteiger partial charge in [-0.05, 0) is 55.0 Å². The Morgan fingerprint density at radius 1 is 1.13 bits per heavy atom. The van der Waals surface area contributed by atoms with Gasteiger partial charge in [0.1, 0.15) is 11.5 Å². The van der Waals surface area contributed by atoms with Crippen LogP contribution < -0.4 is 20.1 Å². The minimum atomic E-state index is -0.320. The summed E-state index contributed by atoms with van der Waals surface area (Å²) in [5.74, 6) is 1.10. The molecule has 0 radical (unpaired) electrons. The molecule has 0 atom stereocenters. The molecule has 0 aliphatic heterocycles. The highest BCUT2D eigenvalue weighted by atomic mass is 32.1. The summed E-state index contributed by atoms with van der Waals surface area (Å²) in [6.07, 6.45) is 0.